The zero-order valence-corrected chi connectivity index (χ0v) is 16.1. The molecule has 1 aliphatic rings. The maximum Gasteiger partial charge on any atom is 0.215 e. The molecular weight excluding hydrogens is 411 g/mol. The van der Waals surface area contributed by atoms with Crippen molar-refractivity contribution in [2.24, 2.45) is 4.99 Å². The molecular formula is C11H25IN4O2S2. The van der Waals surface area contributed by atoms with Crippen LogP contribution in [0.3, 0.4) is 0 Å². The minimum Gasteiger partial charge on any atom is -0.356 e. The summed E-state index contributed by atoms with van der Waals surface area (Å²) in [5, 5.41) is 6.14. The molecule has 0 aromatic rings. The molecule has 0 aromatic heterocycles. The van der Waals surface area contributed by atoms with E-state index in [1.54, 1.807) is 23.1 Å². The summed E-state index contributed by atoms with van der Waals surface area (Å²) in [5.74, 6) is 2.56. The van der Waals surface area contributed by atoms with E-state index in [1.807, 2.05) is 0 Å². The predicted octanol–water partition coefficient (Wildman–Crippen LogP) is 0.558. The fraction of sp³-hybridized carbons (Fsp3) is 0.909. The first-order valence-electron chi connectivity index (χ1n) is 6.60. The first kappa shape index (κ1) is 20.3. The molecule has 1 heterocycles. The van der Waals surface area contributed by atoms with E-state index in [1.165, 1.54) is 0 Å². The summed E-state index contributed by atoms with van der Waals surface area (Å²) in [6.07, 6.45) is 1.00. The zero-order chi connectivity index (χ0) is 14.1. The van der Waals surface area contributed by atoms with Crippen molar-refractivity contribution in [2.75, 3.05) is 50.5 Å². The number of hydrogen-bond acceptors (Lipinski definition) is 4. The van der Waals surface area contributed by atoms with Crippen LogP contribution in [-0.2, 0) is 10.0 Å². The minimum atomic E-state index is -3.13. The highest BCUT2D eigenvalue weighted by Gasteiger charge is 2.23. The molecule has 0 atom stereocenters. The normalized spacial score (nSPS) is 17.4. The zero-order valence-electron chi connectivity index (χ0n) is 12.1. The van der Waals surface area contributed by atoms with Crippen LogP contribution in [0.25, 0.3) is 0 Å². The summed E-state index contributed by atoms with van der Waals surface area (Å²) in [5.41, 5.74) is 0. The Hall–Kier alpha value is 0.260. The van der Waals surface area contributed by atoms with E-state index >= 15 is 0 Å². The van der Waals surface area contributed by atoms with Crippen LogP contribution in [0.4, 0.5) is 0 Å². The average Bonchev–Trinajstić information content (AvgIpc) is 2.43. The van der Waals surface area contributed by atoms with E-state index in [4.69, 9.17) is 0 Å². The van der Waals surface area contributed by atoms with Crippen molar-refractivity contribution in [3.05, 3.63) is 0 Å². The van der Waals surface area contributed by atoms with E-state index in [0.29, 0.717) is 25.6 Å². The topological polar surface area (TPSA) is 73.8 Å². The molecule has 0 amide bonds. The van der Waals surface area contributed by atoms with E-state index < -0.39 is 10.0 Å². The van der Waals surface area contributed by atoms with Gasteiger partial charge in [0.05, 0.1) is 5.75 Å². The highest BCUT2D eigenvalue weighted by Crippen LogP contribution is 2.12. The van der Waals surface area contributed by atoms with Gasteiger partial charge in [0.25, 0.3) is 0 Å². The van der Waals surface area contributed by atoms with Crippen molar-refractivity contribution in [3.8, 4) is 0 Å². The number of nitrogens with one attached hydrogen (secondary N) is 2. The van der Waals surface area contributed by atoms with Crippen LogP contribution in [0.2, 0.25) is 0 Å². The third-order valence-electron chi connectivity index (χ3n) is 2.78. The van der Waals surface area contributed by atoms with Gasteiger partial charge in [-0.1, -0.05) is 6.92 Å². The minimum absolute atomic E-state index is 0. The first-order valence-corrected chi connectivity index (χ1v) is 9.36. The summed E-state index contributed by atoms with van der Waals surface area (Å²) in [7, 11) is -1.45. The van der Waals surface area contributed by atoms with Crippen LogP contribution in [-0.4, -0.2) is 69.2 Å². The van der Waals surface area contributed by atoms with E-state index in [9.17, 15) is 8.42 Å². The predicted molar refractivity (Wildman–Crippen MR) is 97.8 cm³/mol. The maximum absolute atomic E-state index is 12.1. The van der Waals surface area contributed by atoms with Gasteiger partial charge >= 0.3 is 0 Å². The Labute approximate surface area is 143 Å². The molecule has 0 unspecified atom stereocenters. The second-order valence-corrected chi connectivity index (χ2v) is 7.57. The van der Waals surface area contributed by atoms with Crippen molar-refractivity contribution in [1.29, 1.82) is 0 Å². The molecule has 20 heavy (non-hydrogen) atoms. The number of nitrogens with zero attached hydrogens (tertiary/aromatic N) is 2. The molecule has 0 spiro atoms. The van der Waals surface area contributed by atoms with Crippen molar-refractivity contribution in [2.45, 2.75) is 13.3 Å². The van der Waals surface area contributed by atoms with Crippen molar-refractivity contribution >= 4 is 51.7 Å². The van der Waals surface area contributed by atoms with Gasteiger partial charge in [-0.2, -0.15) is 11.8 Å². The van der Waals surface area contributed by atoms with Crippen LogP contribution in [0, 0.1) is 0 Å². The number of sulfonamides is 1. The molecule has 0 saturated carbocycles. The Balaban J connectivity index is 0.00000361. The van der Waals surface area contributed by atoms with Gasteiger partial charge in [0.15, 0.2) is 5.96 Å². The SMILES string of the molecule is CCCNC(=NC)NCCS(=O)(=O)N1CCSCC1.I. The van der Waals surface area contributed by atoms with Gasteiger partial charge in [0.2, 0.25) is 10.0 Å². The second-order valence-electron chi connectivity index (χ2n) is 4.25. The van der Waals surface area contributed by atoms with E-state index in [-0.39, 0.29) is 29.7 Å². The largest absolute Gasteiger partial charge is 0.356 e. The lowest BCUT2D eigenvalue weighted by Gasteiger charge is -2.25. The van der Waals surface area contributed by atoms with Crippen LogP contribution in [0.5, 0.6) is 0 Å². The molecule has 120 valence electrons. The molecule has 6 nitrogen and oxygen atoms in total. The maximum atomic E-state index is 12.1. The number of thioether (sulfide) groups is 1. The lowest BCUT2D eigenvalue weighted by molar-refractivity contribution is 0.443. The number of hydrogen-bond donors (Lipinski definition) is 2. The summed E-state index contributed by atoms with van der Waals surface area (Å²) >= 11 is 1.81. The summed E-state index contributed by atoms with van der Waals surface area (Å²) in [6, 6.07) is 0. The summed E-state index contributed by atoms with van der Waals surface area (Å²) < 4.78 is 25.8. The van der Waals surface area contributed by atoms with E-state index in [0.717, 1.165) is 24.5 Å². The molecule has 1 fully saturated rings. The van der Waals surface area contributed by atoms with Crippen molar-refractivity contribution in [3.63, 3.8) is 0 Å². The molecule has 0 aromatic carbocycles. The van der Waals surface area contributed by atoms with Crippen LogP contribution >= 0.6 is 35.7 Å². The van der Waals surface area contributed by atoms with Crippen molar-refractivity contribution in [1.82, 2.24) is 14.9 Å². The molecule has 0 bridgehead atoms. The summed E-state index contributed by atoms with van der Waals surface area (Å²) in [4.78, 5) is 4.04. The third-order valence-corrected chi connectivity index (χ3v) is 5.60. The number of guanidine groups is 1. The highest BCUT2D eigenvalue weighted by atomic mass is 127. The monoisotopic (exact) mass is 436 g/mol. The summed E-state index contributed by atoms with van der Waals surface area (Å²) in [6.45, 7) is 4.55. The molecule has 9 heteroatoms. The fourth-order valence-electron chi connectivity index (χ4n) is 1.72. The van der Waals surface area contributed by atoms with Crippen LogP contribution < -0.4 is 10.6 Å². The fourth-order valence-corrected chi connectivity index (χ4v) is 4.21. The first-order chi connectivity index (χ1) is 9.10. The van der Waals surface area contributed by atoms with Gasteiger partial charge in [0.1, 0.15) is 0 Å². The molecule has 0 radical (unpaired) electrons. The lowest BCUT2D eigenvalue weighted by Crippen LogP contribution is -2.44. The Morgan fingerprint density at radius 1 is 1.25 bits per heavy atom. The van der Waals surface area contributed by atoms with Gasteiger partial charge in [0, 0.05) is 44.7 Å². The lowest BCUT2D eigenvalue weighted by atomic mass is 10.5. The molecule has 2 N–H and O–H groups in total. The molecule has 1 saturated heterocycles. The molecule has 1 aliphatic heterocycles. The van der Waals surface area contributed by atoms with Gasteiger partial charge in [-0.05, 0) is 6.42 Å². The Kier molecular flexibility index (Phi) is 11.1. The van der Waals surface area contributed by atoms with E-state index in [2.05, 4.69) is 22.5 Å². The van der Waals surface area contributed by atoms with Gasteiger partial charge < -0.3 is 10.6 Å². The van der Waals surface area contributed by atoms with Gasteiger partial charge in [-0.3, -0.25) is 4.99 Å². The highest BCUT2D eigenvalue weighted by molar-refractivity contribution is 14.0. The smallest absolute Gasteiger partial charge is 0.215 e. The number of halogens is 1. The quantitative estimate of drug-likeness (QED) is 0.362. The standard InChI is InChI=1S/C11H24N4O2S2.HI/c1-3-4-13-11(12-2)14-5-10-19(16,17)15-6-8-18-9-7-15;/h3-10H2,1-2H3,(H2,12,13,14);1H. The second kappa shape index (κ2) is 10.9. The van der Waals surface area contributed by atoms with Crippen LogP contribution in [0.1, 0.15) is 13.3 Å². The Morgan fingerprint density at radius 3 is 2.40 bits per heavy atom. The molecule has 0 aliphatic carbocycles. The molecule has 1 rings (SSSR count). The van der Waals surface area contributed by atoms with Crippen molar-refractivity contribution < 1.29 is 8.42 Å². The number of aliphatic imine (C=N–C) groups is 1. The van der Waals surface area contributed by atoms with Gasteiger partial charge in [-0.15, -0.1) is 24.0 Å². The Bertz CT molecular complexity index is 384. The third kappa shape index (κ3) is 7.32. The van der Waals surface area contributed by atoms with Crippen LogP contribution in [0.15, 0.2) is 4.99 Å². The number of rotatable bonds is 6. The average molecular weight is 436 g/mol. The Morgan fingerprint density at radius 2 is 1.85 bits per heavy atom. The van der Waals surface area contributed by atoms with Gasteiger partial charge in [-0.25, -0.2) is 12.7 Å².